The number of Topliss-reactive ketones (excluding diaryl/α,β-unsaturated/α-hetero) is 1. The summed E-state index contributed by atoms with van der Waals surface area (Å²) in [4.78, 5) is 18.6. The van der Waals surface area contributed by atoms with Crippen LogP contribution >= 0.6 is 0 Å². The molecule has 1 heterocycles. The van der Waals surface area contributed by atoms with Crippen molar-refractivity contribution in [2.75, 3.05) is 13.1 Å². The molecule has 0 aromatic heterocycles. The van der Waals surface area contributed by atoms with E-state index in [4.69, 9.17) is 4.84 Å². The van der Waals surface area contributed by atoms with Gasteiger partial charge in [0, 0.05) is 24.1 Å². The average Bonchev–Trinajstić information content (AvgIpc) is 3.29. The standard InChI is InChI=1S/C24H36N2O2/c1-15-12-16-13-17(26-28-18-8-11-25-14-18)6-9-23(16,2)20-7-10-24(3)19(22(15)20)4-5-21(24)27/h13,16,18-20,22,25-26H,1,4-12,14H2,2-3H3/t16?,18?,19-,20+,22-,23-,24-/m0/s1. The first-order valence-electron chi connectivity index (χ1n) is 11.5. The number of nitrogens with one attached hydrogen (secondary N) is 2. The van der Waals surface area contributed by atoms with Gasteiger partial charge in [-0.2, -0.15) is 0 Å². The Balaban J connectivity index is 1.35. The molecule has 4 nitrogen and oxygen atoms in total. The number of ketones is 1. The van der Waals surface area contributed by atoms with E-state index >= 15 is 0 Å². The minimum absolute atomic E-state index is 0.0757. The van der Waals surface area contributed by atoms with Gasteiger partial charge in [0.2, 0.25) is 0 Å². The third-order valence-corrected chi connectivity index (χ3v) is 9.33. The summed E-state index contributed by atoms with van der Waals surface area (Å²) in [6.45, 7) is 11.3. The van der Waals surface area contributed by atoms with Gasteiger partial charge in [-0.25, -0.2) is 0 Å². The van der Waals surface area contributed by atoms with E-state index in [9.17, 15) is 4.79 Å². The zero-order chi connectivity index (χ0) is 19.5. The number of carbonyl (C=O) groups excluding carboxylic acids is 1. The fourth-order valence-corrected chi connectivity index (χ4v) is 7.47. The first-order chi connectivity index (χ1) is 13.4. The van der Waals surface area contributed by atoms with Crippen LogP contribution in [0.3, 0.4) is 0 Å². The van der Waals surface area contributed by atoms with Crippen molar-refractivity contribution in [1.29, 1.82) is 0 Å². The van der Waals surface area contributed by atoms with Crippen molar-refractivity contribution in [2.24, 2.45) is 34.5 Å². The zero-order valence-corrected chi connectivity index (χ0v) is 17.6. The van der Waals surface area contributed by atoms with E-state index in [0.717, 1.165) is 51.6 Å². The van der Waals surface area contributed by atoms with E-state index in [0.29, 0.717) is 34.9 Å². The van der Waals surface area contributed by atoms with E-state index < -0.39 is 0 Å². The van der Waals surface area contributed by atoms with Crippen LogP contribution in [-0.4, -0.2) is 25.0 Å². The van der Waals surface area contributed by atoms with Crippen LogP contribution in [0, 0.1) is 34.5 Å². The third-order valence-electron chi connectivity index (χ3n) is 9.33. The molecule has 7 atom stereocenters. The molecule has 0 spiro atoms. The van der Waals surface area contributed by atoms with Gasteiger partial charge in [-0.3, -0.25) is 15.1 Å². The SMILES string of the molecule is C=C1CC2C=C(NOC3CCNC3)CC[C@]2(C)[C@@H]2CC[C@]3(C)C(=O)CC[C@H]3[C@H]12. The lowest BCUT2D eigenvalue weighted by atomic mass is 9.45. The maximum atomic E-state index is 12.6. The van der Waals surface area contributed by atoms with Crippen molar-refractivity contribution in [3.8, 4) is 0 Å². The van der Waals surface area contributed by atoms with Crippen LogP contribution in [0.1, 0.15) is 65.2 Å². The monoisotopic (exact) mass is 384 g/mol. The quantitative estimate of drug-likeness (QED) is 0.567. The Labute approximate surface area is 169 Å². The number of hydroxylamine groups is 1. The largest absolute Gasteiger partial charge is 0.314 e. The van der Waals surface area contributed by atoms with Gasteiger partial charge in [0.05, 0.1) is 6.10 Å². The van der Waals surface area contributed by atoms with Crippen LogP contribution in [0.4, 0.5) is 0 Å². The van der Waals surface area contributed by atoms with Gasteiger partial charge < -0.3 is 5.32 Å². The zero-order valence-electron chi connectivity index (χ0n) is 17.6. The number of hydrogen-bond acceptors (Lipinski definition) is 4. The lowest BCUT2D eigenvalue weighted by Crippen LogP contribution is -2.53. The smallest absolute Gasteiger partial charge is 0.139 e. The van der Waals surface area contributed by atoms with Crippen molar-refractivity contribution in [3.63, 3.8) is 0 Å². The second kappa shape index (κ2) is 6.70. The van der Waals surface area contributed by atoms with Crippen LogP contribution < -0.4 is 10.8 Å². The van der Waals surface area contributed by atoms with Crippen molar-refractivity contribution in [1.82, 2.24) is 10.8 Å². The summed E-state index contributed by atoms with van der Waals surface area (Å²) in [7, 11) is 0. The average molecular weight is 385 g/mol. The van der Waals surface area contributed by atoms with Gasteiger partial charge in [-0.05, 0) is 80.6 Å². The van der Waals surface area contributed by atoms with Gasteiger partial charge in [0.15, 0.2) is 0 Å². The summed E-state index contributed by atoms with van der Waals surface area (Å²) in [5.74, 6) is 2.83. The van der Waals surface area contributed by atoms with Crippen molar-refractivity contribution >= 4 is 5.78 Å². The first-order valence-corrected chi connectivity index (χ1v) is 11.5. The highest BCUT2D eigenvalue weighted by Gasteiger charge is 2.60. The van der Waals surface area contributed by atoms with E-state index in [1.165, 1.54) is 24.1 Å². The van der Waals surface area contributed by atoms with Crippen LogP contribution in [0.25, 0.3) is 0 Å². The molecule has 5 rings (SSSR count). The lowest BCUT2D eigenvalue weighted by Gasteiger charge is -2.59. The summed E-state index contributed by atoms with van der Waals surface area (Å²) >= 11 is 0. The second-order valence-corrected chi connectivity index (χ2v) is 10.7. The number of rotatable bonds is 3. The fourth-order valence-electron chi connectivity index (χ4n) is 7.47. The minimum Gasteiger partial charge on any atom is -0.314 e. The molecule has 2 unspecified atom stereocenters. The van der Waals surface area contributed by atoms with Gasteiger partial charge in [-0.1, -0.05) is 32.1 Å². The second-order valence-electron chi connectivity index (χ2n) is 10.7. The summed E-state index contributed by atoms with van der Waals surface area (Å²) in [6, 6.07) is 0. The molecular formula is C24H36N2O2. The molecule has 0 aromatic rings. The molecule has 3 saturated carbocycles. The van der Waals surface area contributed by atoms with Gasteiger partial charge >= 0.3 is 0 Å². The Morgan fingerprint density at radius 2 is 2.04 bits per heavy atom. The molecule has 154 valence electrons. The van der Waals surface area contributed by atoms with E-state index in [1.807, 2.05) is 0 Å². The molecule has 5 aliphatic rings. The normalized spacial score (nSPS) is 47.9. The fraction of sp³-hybridized carbons (Fsp3) is 0.792. The molecule has 0 radical (unpaired) electrons. The number of fused-ring (bicyclic) bond motifs is 5. The number of hydrogen-bond donors (Lipinski definition) is 2. The lowest BCUT2D eigenvalue weighted by molar-refractivity contribution is -0.132. The molecule has 28 heavy (non-hydrogen) atoms. The molecule has 1 aliphatic heterocycles. The predicted molar refractivity (Wildman–Crippen MR) is 110 cm³/mol. The summed E-state index contributed by atoms with van der Waals surface area (Å²) in [6.07, 6.45) is 11.3. The van der Waals surface area contributed by atoms with Gasteiger partial charge in [-0.15, -0.1) is 0 Å². The Morgan fingerprint density at radius 1 is 1.18 bits per heavy atom. The van der Waals surface area contributed by atoms with E-state index in [2.05, 4.69) is 37.3 Å². The molecular weight excluding hydrogens is 348 g/mol. The highest BCUT2D eigenvalue weighted by atomic mass is 16.7. The molecule has 1 saturated heterocycles. The van der Waals surface area contributed by atoms with Crippen LogP contribution in [0.5, 0.6) is 0 Å². The topological polar surface area (TPSA) is 50.4 Å². The van der Waals surface area contributed by atoms with Crippen LogP contribution in [-0.2, 0) is 9.63 Å². The highest BCUT2D eigenvalue weighted by Crippen LogP contribution is 2.66. The van der Waals surface area contributed by atoms with Crippen molar-refractivity contribution in [2.45, 2.75) is 71.3 Å². The molecule has 4 aliphatic carbocycles. The molecule has 0 amide bonds. The summed E-state index contributed by atoms with van der Waals surface area (Å²) in [5, 5.41) is 3.35. The predicted octanol–water partition coefficient (Wildman–Crippen LogP) is 4.14. The summed E-state index contributed by atoms with van der Waals surface area (Å²) < 4.78 is 0. The molecule has 4 heteroatoms. The minimum atomic E-state index is -0.0757. The Kier molecular flexibility index (Phi) is 4.52. The van der Waals surface area contributed by atoms with Crippen molar-refractivity contribution < 1.29 is 9.63 Å². The maximum absolute atomic E-state index is 12.6. The Morgan fingerprint density at radius 3 is 2.82 bits per heavy atom. The molecule has 2 N–H and O–H groups in total. The van der Waals surface area contributed by atoms with E-state index in [-0.39, 0.29) is 11.5 Å². The van der Waals surface area contributed by atoms with Crippen molar-refractivity contribution in [3.05, 3.63) is 23.9 Å². The van der Waals surface area contributed by atoms with Crippen LogP contribution in [0.2, 0.25) is 0 Å². The molecule has 0 aromatic carbocycles. The third kappa shape index (κ3) is 2.74. The first kappa shape index (κ1) is 18.9. The molecule has 0 bridgehead atoms. The van der Waals surface area contributed by atoms with Crippen LogP contribution in [0.15, 0.2) is 23.9 Å². The van der Waals surface area contributed by atoms with E-state index in [1.54, 1.807) is 0 Å². The Bertz CT molecular complexity index is 709. The number of carbonyl (C=O) groups is 1. The van der Waals surface area contributed by atoms with Gasteiger partial charge in [0.25, 0.3) is 0 Å². The van der Waals surface area contributed by atoms with Gasteiger partial charge in [0.1, 0.15) is 5.78 Å². The summed E-state index contributed by atoms with van der Waals surface area (Å²) in [5.41, 5.74) is 6.23. The highest BCUT2D eigenvalue weighted by molar-refractivity contribution is 5.87. The number of allylic oxidation sites excluding steroid dienone is 3. The maximum Gasteiger partial charge on any atom is 0.139 e. The Hall–Kier alpha value is -1.13. The molecule has 4 fully saturated rings.